The van der Waals surface area contributed by atoms with E-state index in [4.69, 9.17) is 9.15 Å². The highest BCUT2D eigenvalue weighted by Gasteiger charge is 2.47. The van der Waals surface area contributed by atoms with Gasteiger partial charge in [-0.3, -0.25) is 9.59 Å². The number of benzene rings is 1. The summed E-state index contributed by atoms with van der Waals surface area (Å²) in [6.07, 6.45) is 1.46. The Kier molecular flexibility index (Phi) is 7.17. The van der Waals surface area contributed by atoms with Crippen molar-refractivity contribution in [1.82, 2.24) is 9.80 Å². The van der Waals surface area contributed by atoms with Gasteiger partial charge in [-0.25, -0.2) is 0 Å². The molecule has 1 unspecified atom stereocenters. The molecule has 31 heavy (non-hydrogen) atoms. The molecule has 0 radical (unpaired) electrons. The van der Waals surface area contributed by atoms with E-state index in [0.29, 0.717) is 30.2 Å². The van der Waals surface area contributed by atoms with E-state index in [-0.39, 0.29) is 17.4 Å². The van der Waals surface area contributed by atoms with Crippen LogP contribution in [0, 0.1) is 0 Å². The minimum atomic E-state index is -0.778. The van der Waals surface area contributed by atoms with E-state index in [1.165, 1.54) is 11.2 Å². The molecule has 1 N–H and O–H groups in total. The highest BCUT2D eigenvalue weighted by atomic mass is 16.5. The third kappa shape index (κ3) is 4.82. The Labute approximate surface area is 182 Å². The molecular weight excluding hydrogens is 396 g/mol. The van der Waals surface area contributed by atoms with Gasteiger partial charge in [-0.05, 0) is 51.2 Å². The fourth-order valence-electron chi connectivity index (χ4n) is 3.79. The maximum absolute atomic E-state index is 13.0. The number of carbonyl (C=O) groups is 2. The van der Waals surface area contributed by atoms with Crippen molar-refractivity contribution in [3.8, 4) is 5.75 Å². The number of Topliss-reactive ketones (excluding diaryl/α,β-unsaturated/α-hetero) is 1. The molecule has 1 fully saturated rings. The number of hydrogen-bond acceptors (Lipinski definition) is 6. The first-order valence-corrected chi connectivity index (χ1v) is 10.7. The van der Waals surface area contributed by atoms with Crippen molar-refractivity contribution in [3.05, 3.63) is 59.6 Å². The van der Waals surface area contributed by atoms with Crippen molar-refractivity contribution in [2.75, 3.05) is 26.2 Å². The minimum absolute atomic E-state index is 0.0289. The monoisotopic (exact) mass is 426 g/mol. The number of carbonyl (C=O) groups excluding carboxylic acids is 2. The second-order valence-electron chi connectivity index (χ2n) is 7.73. The van der Waals surface area contributed by atoms with Crippen LogP contribution in [0.3, 0.4) is 0 Å². The van der Waals surface area contributed by atoms with Crippen LogP contribution in [-0.2, 0) is 9.59 Å². The van der Waals surface area contributed by atoms with Gasteiger partial charge in [0.15, 0.2) is 0 Å². The van der Waals surface area contributed by atoms with Crippen molar-refractivity contribution in [2.45, 2.75) is 39.8 Å². The van der Waals surface area contributed by atoms with Gasteiger partial charge in [0, 0.05) is 18.7 Å². The largest absolute Gasteiger partial charge is 0.507 e. The summed E-state index contributed by atoms with van der Waals surface area (Å²) in [7, 11) is 0. The van der Waals surface area contributed by atoms with Crippen LogP contribution in [0.5, 0.6) is 5.75 Å². The normalized spacial score (nSPS) is 18.4. The average molecular weight is 427 g/mol. The van der Waals surface area contributed by atoms with E-state index < -0.39 is 17.7 Å². The molecule has 1 amide bonds. The van der Waals surface area contributed by atoms with Crippen LogP contribution in [-0.4, -0.2) is 58.9 Å². The zero-order valence-corrected chi connectivity index (χ0v) is 18.5. The highest BCUT2D eigenvalue weighted by molar-refractivity contribution is 6.46. The number of rotatable bonds is 9. The molecule has 7 heteroatoms. The lowest BCUT2D eigenvalue weighted by Gasteiger charge is -2.26. The van der Waals surface area contributed by atoms with E-state index in [1.54, 1.807) is 36.4 Å². The van der Waals surface area contributed by atoms with E-state index in [2.05, 4.69) is 4.90 Å². The Morgan fingerprint density at radius 3 is 2.55 bits per heavy atom. The third-order valence-electron chi connectivity index (χ3n) is 5.38. The van der Waals surface area contributed by atoms with Crippen LogP contribution in [0.4, 0.5) is 0 Å². The van der Waals surface area contributed by atoms with Crippen LogP contribution in [0.15, 0.2) is 52.7 Å². The molecule has 0 bridgehead atoms. The van der Waals surface area contributed by atoms with Crippen LogP contribution in [0.25, 0.3) is 5.76 Å². The van der Waals surface area contributed by atoms with E-state index >= 15 is 0 Å². The summed E-state index contributed by atoms with van der Waals surface area (Å²) in [6, 6.07) is 9.52. The molecule has 7 nitrogen and oxygen atoms in total. The van der Waals surface area contributed by atoms with Gasteiger partial charge in [0.1, 0.15) is 23.3 Å². The number of amides is 1. The number of nitrogens with zero attached hydrogens (tertiary/aromatic N) is 2. The van der Waals surface area contributed by atoms with Gasteiger partial charge >= 0.3 is 0 Å². The Hall–Kier alpha value is -3.06. The summed E-state index contributed by atoms with van der Waals surface area (Å²) in [5.74, 6) is -0.572. The minimum Gasteiger partial charge on any atom is -0.507 e. The first kappa shape index (κ1) is 22.6. The van der Waals surface area contributed by atoms with Gasteiger partial charge in [0.05, 0.1) is 17.9 Å². The molecule has 3 rings (SSSR count). The summed E-state index contributed by atoms with van der Waals surface area (Å²) < 4.78 is 11.3. The number of likely N-dealkylation sites (N-methyl/N-ethyl adjacent to an activating group) is 1. The molecule has 1 aliphatic heterocycles. The Balaban J connectivity index is 2.03. The number of ether oxygens (including phenoxy) is 1. The molecule has 1 atom stereocenters. The van der Waals surface area contributed by atoms with E-state index in [0.717, 1.165) is 13.1 Å². The molecule has 1 aliphatic rings. The Bertz CT molecular complexity index is 945. The smallest absolute Gasteiger partial charge is 0.295 e. The second kappa shape index (κ2) is 9.83. The first-order chi connectivity index (χ1) is 14.9. The number of ketones is 1. The Morgan fingerprint density at radius 2 is 1.94 bits per heavy atom. The fraction of sp³-hybridized carbons (Fsp3) is 0.417. The topological polar surface area (TPSA) is 83.2 Å². The average Bonchev–Trinajstić information content (AvgIpc) is 3.36. The lowest BCUT2D eigenvalue weighted by atomic mass is 9.99. The molecule has 2 aromatic rings. The molecule has 2 heterocycles. The van der Waals surface area contributed by atoms with Crippen molar-refractivity contribution in [3.63, 3.8) is 0 Å². The van der Waals surface area contributed by atoms with E-state index in [9.17, 15) is 14.7 Å². The van der Waals surface area contributed by atoms with Crippen LogP contribution in [0.2, 0.25) is 0 Å². The maximum Gasteiger partial charge on any atom is 0.295 e. The number of furan rings is 1. The quantitative estimate of drug-likeness (QED) is 0.373. The SMILES string of the molecule is CCN(CC)CCN1C(=O)C(=O)/C(=C(\O)c2cccc(OC(C)C)c2)C1c1ccco1. The molecule has 0 spiro atoms. The zero-order valence-electron chi connectivity index (χ0n) is 18.5. The van der Waals surface area contributed by atoms with E-state index in [1.807, 2.05) is 27.7 Å². The summed E-state index contributed by atoms with van der Waals surface area (Å²) in [4.78, 5) is 29.5. The van der Waals surface area contributed by atoms with Crippen molar-refractivity contribution < 1.29 is 23.8 Å². The lowest BCUT2D eigenvalue weighted by Crippen LogP contribution is -2.37. The summed E-state index contributed by atoms with van der Waals surface area (Å²) >= 11 is 0. The molecular formula is C24H30N2O5. The van der Waals surface area contributed by atoms with Crippen molar-refractivity contribution >= 4 is 17.4 Å². The Morgan fingerprint density at radius 1 is 1.19 bits per heavy atom. The van der Waals surface area contributed by atoms with Gasteiger partial charge in [-0.15, -0.1) is 0 Å². The van der Waals surface area contributed by atoms with Gasteiger partial charge < -0.3 is 24.1 Å². The van der Waals surface area contributed by atoms with Gasteiger partial charge in [-0.2, -0.15) is 0 Å². The molecule has 1 aromatic carbocycles. The molecule has 0 aliphatic carbocycles. The lowest BCUT2D eigenvalue weighted by molar-refractivity contribution is -0.140. The zero-order chi connectivity index (χ0) is 22.5. The predicted octanol–water partition coefficient (Wildman–Crippen LogP) is 3.83. The van der Waals surface area contributed by atoms with Crippen molar-refractivity contribution in [1.29, 1.82) is 0 Å². The van der Waals surface area contributed by atoms with Crippen LogP contribution >= 0.6 is 0 Å². The molecule has 0 saturated carbocycles. The summed E-state index contributed by atoms with van der Waals surface area (Å²) in [5.41, 5.74) is 0.442. The summed E-state index contributed by atoms with van der Waals surface area (Å²) in [5, 5.41) is 11.1. The predicted molar refractivity (Wildman–Crippen MR) is 118 cm³/mol. The van der Waals surface area contributed by atoms with Crippen LogP contribution in [0.1, 0.15) is 45.1 Å². The number of likely N-dealkylation sites (tertiary alicyclic amines) is 1. The molecule has 166 valence electrons. The number of aliphatic hydroxyl groups excluding tert-OH is 1. The van der Waals surface area contributed by atoms with Crippen LogP contribution < -0.4 is 4.74 Å². The fourth-order valence-corrected chi connectivity index (χ4v) is 3.79. The molecule has 1 aromatic heterocycles. The second-order valence-corrected chi connectivity index (χ2v) is 7.73. The van der Waals surface area contributed by atoms with Gasteiger partial charge in [0.25, 0.3) is 11.7 Å². The molecule has 1 saturated heterocycles. The first-order valence-electron chi connectivity index (χ1n) is 10.7. The maximum atomic E-state index is 13.0. The number of hydrogen-bond donors (Lipinski definition) is 1. The summed E-state index contributed by atoms with van der Waals surface area (Å²) in [6.45, 7) is 10.6. The third-order valence-corrected chi connectivity index (χ3v) is 5.38. The number of aliphatic hydroxyl groups is 1. The standard InChI is InChI=1S/C24H30N2O5/c1-5-25(6-2)12-13-26-21(19-11-8-14-30-19)20(23(28)24(26)29)22(27)17-9-7-10-18(15-17)31-16(3)4/h7-11,14-16,21,27H,5-6,12-13H2,1-4H3/b22-20-. The van der Waals surface area contributed by atoms with Gasteiger partial charge in [0.2, 0.25) is 0 Å². The van der Waals surface area contributed by atoms with Crippen molar-refractivity contribution in [2.24, 2.45) is 0 Å². The highest BCUT2D eigenvalue weighted by Crippen LogP contribution is 2.39. The van der Waals surface area contributed by atoms with Gasteiger partial charge in [-0.1, -0.05) is 26.0 Å².